The van der Waals surface area contributed by atoms with Gasteiger partial charge in [0.25, 0.3) is 0 Å². The quantitative estimate of drug-likeness (QED) is 0.677. The smallest absolute Gasteiger partial charge is 0.0916 e. The molecule has 0 N–H and O–H groups in total. The predicted molar refractivity (Wildman–Crippen MR) is 51.4 cm³/mol. The zero-order valence-corrected chi connectivity index (χ0v) is 9.82. The van der Waals surface area contributed by atoms with E-state index in [1.165, 1.54) is 0 Å². The first-order chi connectivity index (χ1) is 3.95. The summed E-state index contributed by atoms with van der Waals surface area (Å²) in [5, 5.41) is 0.793. The van der Waals surface area contributed by atoms with Crippen molar-refractivity contribution in [3.63, 3.8) is 0 Å². The number of halogens is 5. The minimum absolute atomic E-state index is 0.227. The van der Waals surface area contributed by atoms with Crippen molar-refractivity contribution in [2.24, 2.45) is 0 Å². The second-order valence-corrected chi connectivity index (χ2v) is 6.03. The first kappa shape index (κ1) is 10.8. The van der Waals surface area contributed by atoms with E-state index in [9.17, 15) is 0 Å². The maximum Gasteiger partial charge on any atom is 0.191 e. The fraction of sp³-hybridized carbons (Fsp3) is 1.00. The van der Waals surface area contributed by atoms with Gasteiger partial charge in [0, 0.05) is 16.6 Å². The molecule has 1 atom stereocenters. The van der Waals surface area contributed by atoms with Crippen molar-refractivity contribution in [2.45, 2.75) is 15.0 Å². The minimum atomic E-state index is -1.14. The van der Waals surface area contributed by atoms with Crippen molar-refractivity contribution in [3.05, 3.63) is 0 Å². The van der Waals surface area contributed by atoms with Gasteiger partial charge in [-0.2, -0.15) is 0 Å². The Bertz CT molecular complexity index is 80.4. The lowest BCUT2D eigenvalue weighted by Gasteiger charge is -2.12. The van der Waals surface area contributed by atoms with E-state index in [1.54, 1.807) is 0 Å². The molecule has 0 heterocycles. The largest absolute Gasteiger partial charge is 0.191 e. The Morgan fingerprint density at radius 1 is 1.33 bits per heavy atom. The van der Waals surface area contributed by atoms with Crippen LogP contribution in [0.2, 0.25) is 0 Å². The molecule has 0 aromatic heterocycles. The van der Waals surface area contributed by atoms with E-state index >= 15 is 0 Å². The SMILES string of the molecule is ClC(Cl)(Cl)CC(Br)CBr. The van der Waals surface area contributed by atoms with Crippen LogP contribution in [0.1, 0.15) is 6.42 Å². The molecule has 0 aromatic rings. The molecule has 0 aliphatic carbocycles. The van der Waals surface area contributed by atoms with Crippen LogP contribution in [0.15, 0.2) is 0 Å². The molecule has 5 heteroatoms. The first-order valence-corrected chi connectivity index (χ1v) is 5.39. The van der Waals surface area contributed by atoms with Crippen molar-refractivity contribution in [2.75, 3.05) is 5.33 Å². The molecule has 0 fully saturated rings. The highest BCUT2D eigenvalue weighted by Crippen LogP contribution is 2.33. The minimum Gasteiger partial charge on any atom is -0.0916 e. The van der Waals surface area contributed by atoms with Crippen molar-refractivity contribution >= 4 is 66.7 Å². The average Bonchev–Trinajstić information content (AvgIpc) is 1.62. The van der Waals surface area contributed by atoms with E-state index in [0.717, 1.165) is 5.33 Å². The second kappa shape index (κ2) is 4.66. The topological polar surface area (TPSA) is 0 Å². The van der Waals surface area contributed by atoms with Gasteiger partial charge in [-0.1, -0.05) is 66.7 Å². The highest BCUT2D eigenvalue weighted by atomic mass is 79.9. The zero-order chi connectivity index (χ0) is 7.49. The van der Waals surface area contributed by atoms with E-state index in [-0.39, 0.29) is 4.83 Å². The fourth-order valence-electron chi connectivity index (χ4n) is 0.306. The lowest BCUT2D eigenvalue weighted by atomic mass is 10.4. The summed E-state index contributed by atoms with van der Waals surface area (Å²) in [6, 6.07) is 0. The molecule has 0 saturated heterocycles. The lowest BCUT2D eigenvalue weighted by molar-refractivity contribution is 0.865. The summed E-state index contributed by atoms with van der Waals surface area (Å²) in [5.41, 5.74) is 0. The molecule has 0 bridgehead atoms. The highest BCUT2D eigenvalue weighted by molar-refractivity contribution is 9.12. The van der Waals surface area contributed by atoms with Crippen LogP contribution in [-0.2, 0) is 0 Å². The molecule has 0 spiro atoms. The molecule has 0 radical (unpaired) electrons. The molecule has 0 amide bonds. The maximum absolute atomic E-state index is 5.49. The third-order valence-corrected chi connectivity index (χ3v) is 3.38. The van der Waals surface area contributed by atoms with Gasteiger partial charge in [0.05, 0.1) is 0 Å². The van der Waals surface area contributed by atoms with Crippen LogP contribution in [0, 0.1) is 0 Å². The van der Waals surface area contributed by atoms with Crippen LogP contribution in [0.5, 0.6) is 0 Å². The van der Waals surface area contributed by atoms with Gasteiger partial charge in [-0.25, -0.2) is 0 Å². The summed E-state index contributed by atoms with van der Waals surface area (Å²) in [4.78, 5) is 0.227. The Balaban J connectivity index is 3.47. The number of alkyl halides is 5. The van der Waals surface area contributed by atoms with Crippen molar-refractivity contribution in [1.29, 1.82) is 0 Å². The predicted octanol–water partition coefficient (Wildman–Crippen LogP) is 3.91. The molecule has 0 nitrogen and oxygen atoms in total. The Kier molecular flexibility index (Phi) is 5.60. The normalized spacial score (nSPS) is 15.7. The van der Waals surface area contributed by atoms with Crippen molar-refractivity contribution in [3.8, 4) is 0 Å². The molecule has 9 heavy (non-hydrogen) atoms. The molecule has 0 aromatic carbocycles. The van der Waals surface area contributed by atoms with Gasteiger partial charge in [-0.15, -0.1) is 0 Å². The fourth-order valence-corrected chi connectivity index (χ4v) is 2.14. The van der Waals surface area contributed by atoms with Gasteiger partial charge in [-0.05, 0) is 0 Å². The van der Waals surface area contributed by atoms with E-state index in [2.05, 4.69) is 31.9 Å². The van der Waals surface area contributed by atoms with E-state index in [4.69, 9.17) is 34.8 Å². The average molecular weight is 319 g/mol. The number of rotatable bonds is 2. The van der Waals surface area contributed by atoms with Gasteiger partial charge >= 0.3 is 0 Å². The molecule has 0 saturated carbocycles. The van der Waals surface area contributed by atoms with Gasteiger partial charge in [-0.3, -0.25) is 0 Å². The molecular formula is C4H5Br2Cl3. The molecule has 0 aliphatic rings. The maximum atomic E-state index is 5.49. The first-order valence-electron chi connectivity index (χ1n) is 2.22. The monoisotopic (exact) mass is 316 g/mol. The van der Waals surface area contributed by atoms with Crippen LogP contribution in [0.3, 0.4) is 0 Å². The second-order valence-electron chi connectivity index (χ2n) is 1.57. The van der Waals surface area contributed by atoms with E-state index in [1.807, 2.05) is 0 Å². The summed E-state index contributed by atoms with van der Waals surface area (Å²) in [7, 11) is 0. The van der Waals surface area contributed by atoms with Crippen molar-refractivity contribution < 1.29 is 0 Å². The Labute approximate surface area is 86.5 Å². The standard InChI is InChI=1S/C4H5Br2Cl3/c5-2-3(6)1-4(7,8)9/h3H,1-2H2. The van der Waals surface area contributed by atoms with Crippen LogP contribution < -0.4 is 0 Å². The zero-order valence-electron chi connectivity index (χ0n) is 4.38. The van der Waals surface area contributed by atoms with Gasteiger partial charge in [0.1, 0.15) is 0 Å². The van der Waals surface area contributed by atoms with E-state index < -0.39 is 3.79 Å². The van der Waals surface area contributed by atoms with Gasteiger partial charge < -0.3 is 0 Å². The molecule has 56 valence electrons. The summed E-state index contributed by atoms with van der Waals surface area (Å²) in [6.45, 7) is 0. The summed E-state index contributed by atoms with van der Waals surface area (Å²) in [5.74, 6) is 0. The van der Waals surface area contributed by atoms with Crippen LogP contribution in [0.25, 0.3) is 0 Å². The lowest BCUT2D eigenvalue weighted by Crippen LogP contribution is -2.11. The Morgan fingerprint density at radius 3 is 1.89 bits per heavy atom. The van der Waals surface area contributed by atoms with Crippen LogP contribution in [-0.4, -0.2) is 13.9 Å². The van der Waals surface area contributed by atoms with Gasteiger partial charge in [0.2, 0.25) is 0 Å². The van der Waals surface area contributed by atoms with Crippen LogP contribution >= 0.6 is 66.7 Å². The highest BCUT2D eigenvalue weighted by Gasteiger charge is 2.22. The summed E-state index contributed by atoms with van der Waals surface area (Å²) >= 11 is 23.0. The number of hydrogen-bond donors (Lipinski definition) is 0. The Morgan fingerprint density at radius 2 is 1.78 bits per heavy atom. The molecule has 0 rings (SSSR count). The summed E-state index contributed by atoms with van der Waals surface area (Å²) in [6.07, 6.45) is 0.517. The Hall–Kier alpha value is 1.83. The third-order valence-electron chi connectivity index (χ3n) is 0.620. The van der Waals surface area contributed by atoms with Gasteiger partial charge in [0.15, 0.2) is 3.79 Å². The summed E-state index contributed by atoms with van der Waals surface area (Å²) < 4.78 is -1.14. The molecular weight excluding hydrogens is 314 g/mol. The number of hydrogen-bond acceptors (Lipinski definition) is 0. The van der Waals surface area contributed by atoms with Crippen molar-refractivity contribution in [1.82, 2.24) is 0 Å². The third kappa shape index (κ3) is 7.73. The van der Waals surface area contributed by atoms with E-state index in [0.29, 0.717) is 6.42 Å². The molecule has 1 unspecified atom stereocenters. The van der Waals surface area contributed by atoms with Crippen LogP contribution in [0.4, 0.5) is 0 Å². The molecule has 0 aliphatic heterocycles.